The number of methoxy groups -OCH3 is 1. The van der Waals surface area contributed by atoms with Gasteiger partial charge in [0.05, 0.1) is 25.8 Å². The second kappa shape index (κ2) is 10.7. The monoisotopic (exact) mass is 495 g/mol. The highest BCUT2D eigenvalue weighted by Gasteiger charge is 2.16. The number of nitrogens with one attached hydrogen (secondary N) is 1. The van der Waals surface area contributed by atoms with Gasteiger partial charge in [-0.25, -0.2) is 9.97 Å². The van der Waals surface area contributed by atoms with Crippen molar-refractivity contribution in [3.63, 3.8) is 0 Å². The lowest BCUT2D eigenvalue weighted by Gasteiger charge is -2.12. The van der Waals surface area contributed by atoms with Crippen LogP contribution in [0.5, 0.6) is 11.5 Å². The Balaban J connectivity index is 1.51. The Hall–Kier alpha value is -3.78. The van der Waals surface area contributed by atoms with Crippen molar-refractivity contribution in [1.29, 1.82) is 0 Å². The molecule has 0 fully saturated rings. The molecule has 0 aliphatic heterocycles. The molecule has 2 N–H and O–H groups in total. The van der Waals surface area contributed by atoms with Gasteiger partial charge in [-0.3, -0.25) is 4.79 Å². The molecule has 4 rings (SSSR count). The number of nitrogens with zero attached hydrogens (tertiary/aromatic N) is 2. The number of halogens is 1. The number of aromatic nitrogens is 2. The van der Waals surface area contributed by atoms with Gasteiger partial charge in [-0.1, -0.05) is 23.7 Å². The van der Waals surface area contributed by atoms with Gasteiger partial charge in [0.2, 0.25) is 0 Å². The Labute approximate surface area is 207 Å². The number of aryl methyl sites for hydroxylation is 1. The molecule has 0 amide bonds. The summed E-state index contributed by atoms with van der Waals surface area (Å²) >= 11 is 6.26. The van der Waals surface area contributed by atoms with Crippen molar-refractivity contribution in [1.82, 2.24) is 9.97 Å². The number of ether oxygens (including phenoxy) is 2. The average Bonchev–Trinajstić information content (AvgIpc) is 3.14. The highest BCUT2D eigenvalue weighted by Crippen LogP contribution is 2.36. The van der Waals surface area contributed by atoms with Gasteiger partial charge >= 0.3 is 5.97 Å². The molecule has 35 heavy (non-hydrogen) atoms. The molecule has 0 radical (unpaired) electrons. The van der Waals surface area contributed by atoms with E-state index in [0.717, 1.165) is 22.3 Å². The third-order valence-electron chi connectivity index (χ3n) is 5.60. The molecular formula is C26H26ClN3O5. The van der Waals surface area contributed by atoms with Crippen LogP contribution < -0.4 is 14.8 Å². The molecular weight excluding hydrogens is 470 g/mol. The molecule has 0 aliphatic carbocycles. The molecule has 182 valence electrons. The summed E-state index contributed by atoms with van der Waals surface area (Å²) in [6.07, 6.45) is 2.08. The number of benzene rings is 2. The topological polar surface area (TPSA) is 107 Å². The SMILES string of the molecule is CCOc1cc(-c2cc(NCCc3c(C)oc4c(OC)cc(Cl)cc34)ncn2)ccc1CC(=O)O. The zero-order chi connectivity index (χ0) is 24.9. The highest BCUT2D eigenvalue weighted by molar-refractivity contribution is 6.31. The first-order valence-electron chi connectivity index (χ1n) is 11.2. The van der Waals surface area contributed by atoms with Crippen LogP contribution in [-0.4, -0.2) is 41.3 Å². The number of fused-ring (bicyclic) bond motifs is 1. The van der Waals surface area contributed by atoms with E-state index >= 15 is 0 Å². The lowest BCUT2D eigenvalue weighted by atomic mass is 10.1. The van der Waals surface area contributed by atoms with E-state index in [1.54, 1.807) is 19.2 Å². The maximum absolute atomic E-state index is 11.1. The first-order chi connectivity index (χ1) is 16.9. The lowest BCUT2D eigenvalue weighted by molar-refractivity contribution is -0.136. The van der Waals surface area contributed by atoms with Crippen LogP contribution in [0.25, 0.3) is 22.2 Å². The number of anilines is 1. The molecule has 0 atom stereocenters. The van der Waals surface area contributed by atoms with E-state index in [1.807, 2.05) is 38.1 Å². The van der Waals surface area contributed by atoms with Gasteiger partial charge in [0, 0.05) is 45.8 Å². The molecule has 2 aromatic heterocycles. The molecule has 9 heteroatoms. The van der Waals surface area contributed by atoms with Crippen LogP contribution in [-0.2, 0) is 17.6 Å². The van der Waals surface area contributed by atoms with Crippen molar-refractivity contribution in [3.8, 4) is 22.8 Å². The van der Waals surface area contributed by atoms with E-state index in [0.29, 0.717) is 58.8 Å². The van der Waals surface area contributed by atoms with E-state index in [2.05, 4.69) is 15.3 Å². The first-order valence-corrected chi connectivity index (χ1v) is 11.6. The maximum Gasteiger partial charge on any atom is 0.307 e. The summed E-state index contributed by atoms with van der Waals surface area (Å²) in [5, 5.41) is 14.0. The molecule has 0 saturated heterocycles. The predicted octanol–water partition coefficient (Wildman–Crippen LogP) is 5.54. The van der Waals surface area contributed by atoms with E-state index in [1.165, 1.54) is 6.33 Å². The van der Waals surface area contributed by atoms with E-state index in [9.17, 15) is 4.79 Å². The molecule has 0 spiro atoms. The van der Waals surface area contributed by atoms with Gasteiger partial charge in [-0.15, -0.1) is 0 Å². The largest absolute Gasteiger partial charge is 0.494 e. The normalized spacial score (nSPS) is 11.0. The van der Waals surface area contributed by atoms with Crippen molar-refractivity contribution in [2.75, 3.05) is 25.6 Å². The summed E-state index contributed by atoms with van der Waals surface area (Å²) in [4.78, 5) is 19.9. The predicted molar refractivity (Wildman–Crippen MR) is 135 cm³/mol. The zero-order valence-corrected chi connectivity index (χ0v) is 20.5. The molecule has 8 nitrogen and oxygen atoms in total. The van der Waals surface area contributed by atoms with Crippen LogP contribution in [0.15, 0.2) is 47.1 Å². The van der Waals surface area contributed by atoms with E-state index < -0.39 is 5.97 Å². The summed E-state index contributed by atoms with van der Waals surface area (Å²) < 4.78 is 17.0. The van der Waals surface area contributed by atoms with Gasteiger partial charge in [0.1, 0.15) is 23.7 Å². The molecule has 2 heterocycles. The fourth-order valence-electron chi connectivity index (χ4n) is 4.00. The van der Waals surface area contributed by atoms with Crippen LogP contribution in [0, 0.1) is 6.92 Å². The summed E-state index contributed by atoms with van der Waals surface area (Å²) in [7, 11) is 1.59. The summed E-state index contributed by atoms with van der Waals surface area (Å²) in [5.41, 5.74) is 3.87. The standard InChI is InChI=1S/C26H26ClN3O5/c1-4-34-22-9-16(5-6-17(22)10-25(31)32)21-13-24(30-14-29-21)28-8-7-19-15(2)35-26-20(19)11-18(27)12-23(26)33-3/h5-6,9,11-14H,4,7-8,10H2,1-3H3,(H,31,32)(H,28,29,30). The van der Waals surface area contributed by atoms with E-state index in [-0.39, 0.29) is 6.42 Å². The zero-order valence-electron chi connectivity index (χ0n) is 19.7. The van der Waals surface area contributed by atoms with Gasteiger partial charge in [-0.2, -0.15) is 0 Å². The molecule has 2 aromatic carbocycles. The molecule has 0 bridgehead atoms. The number of carbonyl (C=O) groups is 1. The molecule has 0 saturated carbocycles. The van der Waals surface area contributed by atoms with Crippen molar-refractivity contribution in [2.45, 2.75) is 26.7 Å². The first kappa shape index (κ1) is 24.3. The Kier molecular flexibility index (Phi) is 7.41. The summed E-state index contributed by atoms with van der Waals surface area (Å²) in [6.45, 7) is 4.84. The number of furan rings is 1. The Morgan fingerprint density at radius 2 is 2.00 bits per heavy atom. The van der Waals surface area contributed by atoms with Gasteiger partial charge in [0.15, 0.2) is 11.3 Å². The van der Waals surface area contributed by atoms with Gasteiger partial charge in [0.25, 0.3) is 0 Å². The summed E-state index contributed by atoms with van der Waals surface area (Å²) in [5.74, 6) is 1.72. The molecule has 4 aromatic rings. The van der Waals surface area contributed by atoms with Gasteiger partial charge < -0.3 is 24.3 Å². The fraction of sp³-hybridized carbons (Fsp3) is 0.269. The fourth-order valence-corrected chi connectivity index (χ4v) is 4.21. The highest BCUT2D eigenvalue weighted by atomic mass is 35.5. The lowest BCUT2D eigenvalue weighted by Crippen LogP contribution is -2.07. The molecule has 0 unspecified atom stereocenters. The van der Waals surface area contributed by atoms with E-state index in [4.69, 9.17) is 30.6 Å². The quantitative estimate of drug-likeness (QED) is 0.295. The number of rotatable bonds is 10. The summed E-state index contributed by atoms with van der Waals surface area (Å²) in [6, 6.07) is 10.9. The van der Waals surface area contributed by atoms with Crippen LogP contribution in [0.2, 0.25) is 5.02 Å². The number of hydrogen-bond acceptors (Lipinski definition) is 7. The van der Waals surface area contributed by atoms with Gasteiger partial charge in [-0.05, 0) is 32.4 Å². The van der Waals surface area contributed by atoms with Crippen LogP contribution in [0.3, 0.4) is 0 Å². The Bertz CT molecular complexity index is 1370. The minimum absolute atomic E-state index is 0.106. The van der Waals surface area contributed by atoms with Crippen molar-refractivity contribution in [2.24, 2.45) is 0 Å². The Morgan fingerprint density at radius 1 is 1.17 bits per heavy atom. The third kappa shape index (κ3) is 5.49. The Morgan fingerprint density at radius 3 is 2.74 bits per heavy atom. The molecule has 0 aliphatic rings. The third-order valence-corrected chi connectivity index (χ3v) is 5.82. The minimum Gasteiger partial charge on any atom is -0.494 e. The van der Waals surface area contributed by atoms with Crippen LogP contribution in [0.4, 0.5) is 5.82 Å². The number of hydrogen-bond donors (Lipinski definition) is 2. The number of carboxylic acid groups (broad SMARTS) is 1. The number of aliphatic carboxylic acids is 1. The maximum atomic E-state index is 11.1. The van der Waals surface area contributed by atoms with Crippen molar-refractivity contribution < 1.29 is 23.8 Å². The van der Waals surface area contributed by atoms with Crippen molar-refractivity contribution >= 4 is 34.4 Å². The minimum atomic E-state index is -0.909. The second-order valence-electron chi connectivity index (χ2n) is 7.91. The average molecular weight is 496 g/mol. The van der Waals surface area contributed by atoms with Crippen LogP contribution >= 0.6 is 11.6 Å². The second-order valence-corrected chi connectivity index (χ2v) is 8.35. The smallest absolute Gasteiger partial charge is 0.307 e. The van der Waals surface area contributed by atoms with Crippen molar-refractivity contribution in [3.05, 3.63) is 64.6 Å². The van der Waals surface area contributed by atoms with Crippen LogP contribution in [0.1, 0.15) is 23.8 Å². The number of carboxylic acids is 1.